The van der Waals surface area contributed by atoms with Gasteiger partial charge in [0.05, 0.1) is 0 Å². The van der Waals surface area contributed by atoms with E-state index in [1.165, 1.54) is 6.07 Å². The molecular formula is C13H15FN4. The first-order chi connectivity index (χ1) is 8.70. The zero-order valence-electron chi connectivity index (χ0n) is 10.2. The Balaban J connectivity index is 2.20. The van der Waals surface area contributed by atoms with Crippen LogP contribution in [-0.2, 0) is 0 Å². The van der Waals surface area contributed by atoms with Gasteiger partial charge in [-0.3, -0.25) is 0 Å². The van der Waals surface area contributed by atoms with E-state index in [2.05, 4.69) is 15.3 Å². The van der Waals surface area contributed by atoms with Gasteiger partial charge in [0.2, 0.25) is 5.95 Å². The second-order valence-corrected chi connectivity index (χ2v) is 3.97. The van der Waals surface area contributed by atoms with Gasteiger partial charge in [-0.15, -0.1) is 0 Å². The molecule has 0 atom stereocenters. The highest BCUT2D eigenvalue weighted by molar-refractivity contribution is 5.62. The van der Waals surface area contributed by atoms with Gasteiger partial charge >= 0.3 is 0 Å². The summed E-state index contributed by atoms with van der Waals surface area (Å²) in [7, 11) is 0. The predicted molar refractivity (Wildman–Crippen MR) is 69.7 cm³/mol. The number of hydrogen-bond donors (Lipinski definition) is 2. The number of nitrogens with one attached hydrogen (secondary N) is 1. The molecule has 94 valence electrons. The molecule has 3 N–H and O–H groups in total. The number of nitrogens with zero attached hydrogens (tertiary/aromatic N) is 2. The van der Waals surface area contributed by atoms with E-state index in [-0.39, 0.29) is 5.82 Å². The molecule has 0 fully saturated rings. The summed E-state index contributed by atoms with van der Waals surface area (Å²) in [5, 5.41) is 2.99. The van der Waals surface area contributed by atoms with Gasteiger partial charge in [0.15, 0.2) is 0 Å². The average molecular weight is 246 g/mol. The van der Waals surface area contributed by atoms with Gasteiger partial charge in [-0.25, -0.2) is 14.4 Å². The molecule has 0 radical (unpaired) electrons. The van der Waals surface area contributed by atoms with Crippen molar-refractivity contribution >= 4 is 5.95 Å². The summed E-state index contributed by atoms with van der Waals surface area (Å²) in [6, 6.07) is 4.94. The molecule has 0 aliphatic heterocycles. The fourth-order valence-electron chi connectivity index (χ4n) is 1.58. The summed E-state index contributed by atoms with van der Waals surface area (Å²) in [6.45, 7) is 2.90. The zero-order chi connectivity index (χ0) is 13.0. The van der Waals surface area contributed by atoms with Crippen molar-refractivity contribution in [3.63, 3.8) is 0 Å². The molecule has 0 amide bonds. The maximum Gasteiger partial charge on any atom is 0.222 e. The van der Waals surface area contributed by atoms with E-state index < -0.39 is 0 Å². The molecule has 0 aliphatic rings. The van der Waals surface area contributed by atoms with Crippen LogP contribution >= 0.6 is 0 Å². The summed E-state index contributed by atoms with van der Waals surface area (Å²) >= 11 is 0. The standard InChI is InChI=1S/C13H15FN4/c1-9-6-10(2-3-12(9)14)11-7-17-13(18-8-11)16-5-4-15/h2-3,6-8H,4-5,15H2,1H3,(H,16,17,18). The molecule has 4 nitrogen and oxygen atoms in total. The number of hydrogen-bond acceptors (Lipinski definition) is 4. The highest BCUT2D eigenvalue weighted by Gasteiger charge is 2.03. The summed E-state index contributed by atoms with van der Waals surface area (Å²) in [5.74, 6) is 0.337. The first-order valence-corrected chi connectivity index (χ1v) is 5.73. The van der Waals surface area contributed by atoms with Gasteiger partial charge in [-0.2, -0.15) is 0 Å². The third-order valence-corrected chi connectivity index (χ3v) is 2.57. The molecule has 18 heavy (non-hydrogen) atoms. The molecule has 1 heterocycles. The van der Waals surface area contributed by atoms with Gasteiger partial charge in [0.25, 0.3) is 0 Å². The molecule has 0 saturated heterocycles. The van der Waals surface area contributed by atoms with Crippen LogP contribution in [0.3, 0.4) is 0 Å². The largest absolute Gasteiger partial charge is 0.353 e. The third kappa shape index (κ3) is 2.81. The molecule has 2 rings (SSSR count). The lowest BCUT2D eigenvalue weighted by molar-refractivity contribution is 0.619. The van der Waals surface area contributed by atoms with Crippen LogP contribution in [0.2, 0.25) is 0 Å². The highest BCUT2D eigenvalue weighted by atomic mass is 19.1. The normalized spacial score (nSPS) is 10.4. The third-order valence-electron chi connectivity index (χ3n) is 2.57. The molecule has 1 aromatic heterocycles. The Morgan fingerprint density at radius 1 is 1.22 bits per heavy atom. The van der Waals surface area contributed by atoms with Crippen molar-refractivity contribution in [2.45, 2.75) is 6.92 Å². The minimum Gasteiger partial charge on any atom is -0.353 e. The predicted octanol–water partition coefficient (Wildman–Crippen LogP) is 1.96. The van der Waals surface area contributed by atoms with Crippen LogP contribution in [0, 0.1) is 12.7 Å². The second-order valence-electron chi connectivity index (χ2n) is 3.97. The van der Waals surface area contributed by atoms with E-state index in [0.29, 0.717) is 24.6 Å². The van der Waals surface area contributed by atoms with Crippen molar-refractivity contribution in [2.24, 2.45) is 5.73 Å². The van der Waals surface area contributed by atoms with Crippen molar-refractivity contribution in [3.05, 3.63) is 42.0 Å². The lowest BCUT2D eigenvalue weighted by Crippen LogP contribution is -2.14. The van der Waals surface area contributed by atoms with Gasteiger partial charge in [0.1, 0.15) is 5.82 Å². The van der Waals surface area contributed by atoms with Gasteiger partial charge in [-0.1, -0.05) is 6.07 Å². The topological polar surface area (TPSA) is 63.8 Å². The van der Waals surface area contributed by atoms with E-state index in [0.717, 1.165) is 11.1 Å². The SMILES string of the molecule is Cc1cc(-c2cnc(NCCN)nc2)ccc1F. The van der Waals surface area contributed by atoms with Crippen LogP contribution in [0.1, 0.15) is 5.56 Å². The number of aryl methyl sites for hydroxylation is 1. The van der Waals surface area contributed by atoms with Gasteiger partial charge in [0, 0.05) is 31.0 Å². The second kappa shape index (κ2) is 5.55. The fourth-order valence-corrected chi connectivity index (χ4v) is 1.58. The number of aromatic nitrogens is 2. The molecule has 1 aromatic carbocycles. The quantitative estimate of drug-likeness (QED) is 0.865. The first kappa shape index (κ1) is 12.4. The van der Waals surface area contributed by atoms with Crippen molar-refractivity contribution < 1.29 is 4.39 Å². The molecule has 0 saturated carbocycles. The molecule has 0 bridgehead atoms. The number of anilines is 1. The smallest absolute Gasteiger partial charge is 0.222 e. The summed E-state index contributed by atoms with van der Waals surface area (Å²) in [5.41, 5.74) is 7.74. The van der Waals surface area contributed by atoms with Crippen molar-refractivity contribution in [1.29, 1.82) is 0 Å². The summed E-state index contributed by atoms with van der Waals surface area (Å²) in [4.78, 5) is 8.35. The van der Waals surface area contributed by atoms with Crippen molar-refractivity contribution in [2.75, 3.05) is 18.4 Å². The van der Waals surface area contributed by atoms with Crippen LogP contribution in [0.25, 0.3) is 11.1 Å². The fraction of sp³-hybridized carbons (Fsp3) is 0.231. The molecule has 2 aromatic rings. The van der Waals surface area contributed by atoms with Gasteiger partial charge < -0.3 is 11.1 Å². The van der Waals surface area contributed by atoms with Crippen LogP contribution in [-0.4, -0.2) is 23.1 Å². The highest BCUT2D eigenvalue weighted by Crippen LogP contribution is 2.20. The van der Waals surface area contributed by atoms with Crippen molar-refractivity contribution in [3.8, 4) is 11.1 Å². The number of nitrogens with two attached hydrogens (primary N) is 1. The van der Waals surface area contributed by atoms with E-state index in [4.69, 9.17) is 5.73 Å². The summed E-state index contributed by atoms with van der Waals surface area (Å²) < 4.78 is 13.2. The molecule has 5 heteroatoms. The lowest BCUT2D eigenvalue weighted by atomic mass is 10.1. The van der Waals surface area contributed by atoms with Crippen LogP contribution in [0.15, 0.2) is 30.6 Å². The van der Waals surface area contributed by atoms with Crippen molar-refractivity contribution in [1.82, 2.24) is 9.97 Å². The first-order valence-electron chi connectivity index (χ1n) is 5.73. The summed E-state index contributed by atoms with van der Waals surface area (Å²) in [6.07, 6.45) is 3.41. The molecule has 0 spiro atoms. The number of benzene rings is 1. The number of rotatable bonds is 4. The van der Waals surface area contributed by atoms with Crippen LogP contribution in [0.4, 0.5) is 10.3 Å². The molecular weight excluding hydrogens is 231 g/mol. The average Bonchev–Trinajstić information content (AvgIpc) is 2.40. The Bertz CT molecular complexity index is 525. The number of halogens is 1. The molecule has 0 unspecified atom stereocenters. The molecule has 0 aliphatic carbocycles. The Morgan fingerprint density at radius 2 is 1.94 bits per heavy atom. The van der Waals surface area contributed by atoms with E-state index in [1.807, 2.05) is 0 Å². The minimum absolute atomic E-state index is 0.207. The van der Waals surface area contributed by atoms with E-state index in [1.54, 1.807) is 31.5 Å². The Labute approximate surface area is 105 Å². The maximum absolute atomic E-state index is 13.2. The Morgan fingerprint density at radius 3 is 2.56 bits per heavy atom. The zero-order valence-corrected chi connectivity index (χ0v) is 10.2. The van der Waals surface area contributed by atoms with Gasteiger partial charge in [-0.05, 0) is 30.2 Å². The lowest BCUT2D eigenvalue weighted by Gasteiger charge is -2.05. The monoisotopic (exact) mass is 246 g/mol. The minimum atomic E-state index is -0.207. The van der Waals surface area contributed by atoms with Crippen LogP contribution < -0.4 is 11.1 Å². The van der Waals surface area contributed by atoms with Crippen LogP contribution in [0.5, 0.6) is 0 Å². The Hall–Kier alpha value is -2.01. The van der Waals surface area contributed by atoms with E-state index in [9.17, 15) is 4.39 Å². The maximum atomic E-state index is 13.2. The van der Waals surface area contributed by atoms with E-state index >= 15 is 0 Å². The Kier molecular flexibility index (Phi) is 3.84.